The fourth-order valence-corrected chi connectivity index (χ4v) is 3.23. The van der Waals surface area contributed by atoms with Gasteiger partial charge in [0.05, 0.1) is 18.8 Å². The largest absolute Gasteiger partial charge is 0.375 e. The van der Waals surface area contributed by atoms with Crippen LogP contribution in [0, 0.1) is 6.92 Å². The Morgan fingerprint density at radius 2 is 2.50 bits per heavy atom. The molecule has 1 aliphatic heterocycles. The van der Waals surface area contributed by atoms with E-state index >= 15 is 0 Å². The molecule has 2 N–H and O–H groups in total. The van der Waals surface area contributed by atoms with Crippen LogP contribution in [0.1, 0.15) is 16.5 Å². The minimum atomic E-state index is 0.0488. The van der Waals surface area contributed by atoms with Crippen LogP contribution in [0.3, 0.4) is 0 Å². The minimum absolute atomic E-state index is 0.0488. The average Bonchev–Trinajstić information content (AvgIpc) is 2.65. The summed E-state index contributed by atoms with van der Waals surface area (Å²) in [6.45, 7) is 2.95. The molecule has 0 amide bonds. The summed E-state index contributed by atoms with van der Waals surface area (Å²) in [6, 6.07) is 2.21. The van der Waals surface area contributed by atoms with E-state index in [1.165, 1.54) is 10.4 Å². The highest BCUT2D eigenvalue weighted by atomic mass is 32.2. The van der Waals surface area contributed by atoms with E-state index in [-0.39, 0.29) is 12.1 Å². The minimum Gasteiger partial charge on any atom is -0.375 e. The molecule has 1 aromatic heterocycles. The third-order valence-electron chi connectivity index (χ3n) is 2.38. The fraction of sp³-hybridized carbons (Fsp3) is 0.600. The number of thiophene rings is 1. The molecule has 1 saturated heterocycles. The summed E-state index contributed by atoms with van der Waals surface area (Å²) >= 11 is 3.69. The molecule has 14 heavy (non-hydrogen) atoms. The Balaban J connectivity index is 2.03. The molecule has 2 nitrogen and oxygen atoms in total. The number of rotatable bonds is 2. The first-order chi connectivity index (χ1) is 6.77. The summed E-state index contributed by atoms with van der Waals surface area (Å²) < 4.78 is 5.66. The lowest BCUT2D eigenvalue weighted by atomic mass is 10.1. The molecule has 0 saturated carbocycles. The van der Waals surface area contributed by atoms with Crippen LogP contribution in [0.25, 0.3) is 0 Å². The van der Waals surface area contributed by atoms with Gasteiger partial charge >= 0.3 is 0 Å². The van der Waals surface area contributed by atoms with Crippen molar-refractivity contribution >= 4 is 23.1 Å². The third kappa shape index (κ3) is 2.31. The molecular weight excluding hydrogens is 214 g/mol. The van der Waals surface area contributed by atoms with Crippen molar-refractivity contribution in [3.8, 4) is 0 Å². The summed E-state index contributed by atoms with van der Waals surface area (Å²) in [5.74, 6) is 2.13. The second-order valence-electron chi connectivity index (χ2n) is 3.50. The quantitative estimate of drug-likeness (QED) is 0.844. The van der Waals surface area contributed by atoms with Gasteiger partial charge < -0.3 is 10.5 Å². The van der Waals surface area contributed by atoms with Gasteiger partial charge in [0.15, 0.2) is 0 Å². The summed E-state index contributed by atoms with van der Waals surface area (Å²) in [5.41, 5.74) is 7.37. The van der Waals surface area contributed by atoms with Crippen molar-refractivity contribution < 1.29 is 4.74 Å². The summed E-state index contributed by atoms with van der Waals surface area (Å²) in [7, 11) is 0. The van der Waals surface area contributed by atoms with Crippen LogP contribution in [0.5, 0.6) is 0 Å². The third-order valence-corrected chi connectivity index (χ3v) is 4.28. The van der Waals surface area contributed by atoms with Gasteiger partial charge in [-0.05, 0) is 23.9 Å². The first-order valence-electron chi connectivity index (χ1n) is 4.77. The summed E-state index contributed by atoms with van der Waals surface area (Å²) in [6.07, 6.45) is 0.197. The maximum Gasteiger partial charge on any atom is 0.0858 e. The molecule has 2 rings (SSSR count). The Kier molecular flexibility index (Phi) is 3.49. The molecule has 0 bridgehead atoms. The van der Waals surface area contributed by atoms with Gasteiger partial charge in [-0.15, -0.1) is 11.3 Å². The van der Waals surface area contributed by atoms with Gasteiger partial charge in [0.2, 0.25) is 0 Å². The van der Waals surface area contributed by atoms with Crippen LogP contribution in [-0.4, -0.2) is 24.2 Å². The first-order valence-corrected chi connectivity index (χ1v) is 6.81. The molecule has 0 aliphatic carbocycles. The van der Waals surface area contributed by atoms with Crippen LogP contribution >= 0.6 is 23.1 Å². The molecule has 1 fully saturated rings. The molecule has 0 aromatic carbocycles. The highest BCUT2D eigenvalue weighted by molar-refractivity contribution is 7.99. The number of aryl methyl sites for hydroxylation is 1. The lowest BCUT2D eigenvalue weighted by molar-refractivity contribution is 0.0570. The van der Waals surface area contributed by atoms with Crippen LogP contribution < -0.4 is 5.73 Å². The van der Waals surface area contributed by atoms with Crippen LogP contribution in [0.15, 0.2) is 11.4 Å². The predicted octanol–water partition coefficient (Wildman–Crippen LogP) is 2.19. The van der Waals surface area contributed by atoms with Crippen molar-refractivity contribution in [2.45, 2.75) is 19.1 Å². The normalized spacial score (nSPS) is 24.9. The lowest BCUT2D eigenvalue weighted by Gasteiger charge is -2.27. The number of nitrogens with two attached hydrogens (primary N) is 1. The molecular formula is C10H15NOS2. The Labute approximate surface area is 92.8 Å². The Hall–Kier alpha value is -0.0300. The monoisotopic (exact) mass is 229 g/mol. The Bertz CT molecular complexity index is 294. The molecule has 1 aliphatic rings. The highest BCUT2D eigenvalue weighted by Crippen LogP contribution is 2.26. The molecule has 0 spiro atoms. The smallest absolute Gasteiger partial charge is 0.0858 e. The second kappa shape index (κ2) is 4.66. The molecule has 4 heteroatoms. The van der Waals surface area contributed by atoms with Crippen LogP contribution in [0.2, 0.25) is 0 Å². The standard InChI is InChI=1S/C10H15NOS2/c1-7-4-8(5-14-7)10(11)9-6-13-3-2-12-9/h4-5,9-10H,2-3,6,11H2,1H3. The van der Waals surface area contributed by atoms with E-state index in [4.69, 9.17) is 10.5 Å². The topological polar surface area (TPSA) is 35.2 Å². The van der Waals surface area contributed by atoms with Gasteiger partial charge in [0, 0.05) is 16.4 Å². The highest BCUT2D eigenvalue weighted by Gasteiger charge is 2.23. The van der Waals surface area contributed by atoms with E-state index in [1.807, 2.05) is 11.8 Å². The zero-order valence-corrected chi connectivity index (χ0v) is 9.87. The van der Waals surface area contributed by atoms with Crippen molar-refractivity contribution in [2.75, 3.05) is 18.1 Å². The van der Waals surface area contributed by atoms with E-state index in [0.29, 0.717) is 0 Å². The van der Waals surface area contributed by atoms with Crippen molar-refractivity contribution in [1.82, 2.24) is 0 Å². The van der Waals surface area contributed by atoms with Gasteiger partial charge in [0.1, 0.15) is 0 Å². The van der Waals surface area contributed by atoms with E-state index in [9.17, 15) is 0 Å². The van der Waals surface area contributed by atoms with Crippen molar-refractivity contribution in [3.05, 3.63) is 21.9 Å². The Morgan fingerprint density at radius 3 is 3.07 bits per heavy atom. The van der Waals surface area contributed by atoms with Crippen molar-refractivity contribution in [1.29, 1.82) is 0 Å². The van der Waals surface area contributed by atoms with E-state index in [1.54, 1.807) is 11.3 Å². The fourth-order valence-electron chi connectivity index (χ4n) is 1.57. The Morgan fingerprint density at radius 1 is 1.64 bits per heavy atom. The van der Waals surface area contributed by atoms with Gasteiger partial charge in [-0.3, -0.25) is 0 Å². The summed E-state index contributed by atoms with van der Waals surface area (Å²) in [4.78, 5) is 1.32. The number of hydrogen-bond acceptors (Lipinski definition) is 4. The van der Waals surface area contributed by atoms with Gasteiger partial charge in [-0.1, -0.05) is 0 Å². The molecule has 2 heterocycles. The van der Waals surface area contributed by atoms with Gasteiger partial charge in [-0.25, -0.2) is 0 Å². The maximum absolute atomic E-state index is 6.15. The van der Waals surface area contributed by atoms with Crippen LogP contribution in [-0.2, 0) is 4.74 Å². The lowest BCUT2D eigenvalue weighted by Crippen LogP contribution is -2.34. The van der Waals surface area contributed by atoms with Crippen molar-refractivity contribution in [2.24, 2.45) is 5.73 Å². The molecule has 0 radical (unpaired) electrons. The first kappa shape index (κ1) is 10.5. The van der Waals surface area contributed by atoms with Gasteiger partial charge in [-0.2, -0.15) is 11.8 Å². The maximum atomic E-state index is 6.15. The number of thioether (sulfide) groups is 1. The zero-order valence-electron chi connectivity index (χ0n) is 8.23. The second-order valence-corrected chi connectivity index (χ2v) is 5.77. The van der Waals surface area contributed by atoms with Gasteiger partial charge in [0.25, 0.3) is 0 Å². The molecule has 1 aromatic rings. The van der Waals surface area contributed by atoms with E-state index in [2.05, 4.69) is 18.4 Å². The van der Waals surface area contributed by atoms with E-state index < -0.39 is 0 Å². The van der Waals surface area contributed by atoms with Crippen LogP contribution in [0.4, 0.5) is 0 Å². The molecule has 2 unspecified atom stereocenters. The predicted molar refractivity (Wildman–Crippen MR) is 63.0 cm³/mol. The summed E-state index contributed by atoms with van der Waals surface area (Å²) in [5, 5.41) is 2.14. The average molecular weight is 229 g/mol. The molecule has 2 atom stereocenters. The van der Waals surface area contributed by atoms with Crippen molar-refractivity contribution in [3.63, 3.8) is 0 Å². The SMILES string of the molecule is Cc1cc(C(N)C2CSCCO2)cs1. The zero-order chi connectivity index (χ0) is 9.97. The molecule has 78 valence electrons. The number of ether oxygens (including phenoxy) is 1. The number of hydrogen-bond donors (Lipinski definition) is 1. The van der Waals surface area contributed by atoms with E-state index in [0.717, 1.165) is 18.1 Å².